The standard InChI is InChI=1S/C23H15Cl2N3O3.Na/c24-14-11-17(25)21-18(12-14)26-20(22(29)30)13-19(21)27-23(31)28(15-7-3-1-4-8-15)16-9-5-2-6-10-16;/h1-13H,(H,29,30)(H,26,27,31);/q;+1/p-1. The summed E-state index contributed by atoms with van der Waals surface area (Å²) < 4.78 is 0. The van der Waals surface area contributed by atoms with Gasteiger partial charge in [0.25, 0.3) is 0 Å². The molecule has 0 saturated carbocycles. The van der Waals surface area contributed by atoms with Crippen molar-refractivity contribution in [1.29, 1.82) is 0 Å². The van der Waals surface area contributed by atoms with Gasteiger partial charge >= 0.3 is 35.6 Å². The van der Waals surface area contributed by atoms with E-state index in [0.717, 1.165) is 0 Å². The molecule has 0 aliphatic heterocycles. The zero-order chi connectivity index (χ0) is 22.0. The number of para-hydroxylation sites is 2. The summed E-state index contributed by atoms with van der Waals surface area (Å²) in [4.78, 5) is 30.3. The normalized spacial score (nSPS) is 10.3. The molecule has 154 valence electrons. The van der Waals surface area contributed by atoms with Gasteiger partial charge in [-0.25, -0.2) is 9.78 Å². The Kier molecular flexibility index (Phi) is 7.77. The third kappa shape index (κ3) is 5.06. The predicted molar refractivity (Wildman–Crippen MR) is 120 cm³/mol. The van der Waals surface area contributed by atoms with Crippen molar-refractivity contribution in [3.05, 3.63) is 94.6 Å². The van der Waals surface area contributed by atoms with Crippen molar-refractivity contribution in [2.24, 2.45) is 0 Å². The molecule has 3 aromatic carbocycles. The number of hydrogen-bond donors (Lipinski definition) is 1. The minimum absolute atomic E-state index is 0. The fourth-order valence-electron chi connectivity index (χ4n) is 3.20. The van der Waals surface area contributed by atoms with Crippen LogP contribution < -0.4 is 44.9 Å². The van der Waals surface area contributed by atoms with Crippen LogP contribution in [0, 0.1) is 0 Å². The molecule has 6 nitrogen and oxygen atoms in total. The number of rotatable bonds is 4. The molecule has 0 unspecified atom stereocenters. The van der Waals surface area contributed by atoms with Crippen LogP contribution in [-0.2, 0) is 0 Å². The summed E-state index contributed by atoms with van der Waals surface area (Å²) in [6.07, 6.45) is 0. The Morgan fingerprint density at radius 3 is 1.97 bits per heavy atom. The van der Waals surface area contributed by atoms with Crippen molar-refractivity contribution in [3.63, 3.8) is 0 Å². The number of nitrogens with one attached hydrogen (secondary N) is 1. The minimum Gasteiger partial charge on any atom is -0.543 e. The Morgan fingerprint density at radius 1 is 0.875 bits per heavy atom. The predicted octanol–water partition coefficient (Wildman–Crippen LogP) is 2.28. The number of amides is 2. The van der Waals surface area contributed by atoms with Gasteiger partial charge in [-0.3, -0.25) is 4.90 Å². The van der Waals surface area contributed by atoms with Gasteiger partial charge in [-0.15, -0.1) is 0 Å². The van der Waals surface area contributed by atoms with Crippen LogP contribution in [-0.4, -0.2) is 17.0 Å². The number of carboxylic acids is 1. The molecule has 32 heavy (non-hydrogen) atoms. The van der Waals surface area contributed by atoms with Crippen molar-refractivity contribution < 1.29 is 44.3 Å². The van der Waals surface area contributed by atoms with Crippen LogP contribution in [0.2, 0.25) is 10.0 Å². The van der Waals surface area contributed by atoms with Crippen molar-refractivity contribution in [2.75, 3.05) is 10.2 Å². The molecule has 1 N–H and O–H groups in total. The first-order chi connectivity index (χ1) is 14.9. The second-order valence-corrected chi connectivity index (χ2v) is 7.40. The van der Waals surface area contributed by atoms with E-state index in [1.54, 1.807) is 24.3 Å². The molecule has 0 fully saturated rings. The smallest absolute Gasteiger partial charge is 0.543 e. The number of fused-ring (bicyclic) bond motifs is 1. The third-order valence-electron chi connectivity index (χ3n) is 4.51. The van der Waals surface area contributed by atoms with Crippen LogP contribution in [0.15, 0.2) is 78.9 Å². The summed E-state index contributed by atoms with van der Waals surface area (Å²) >= 11 is 12.4. The second-order valence-electron chi connectivity index (χ2n) is 6.56. The average Bonchev–Trinajstić information content (AvgIpc) is 2.74. The van der Waals surface area contributed by atoms with E-state index >= 15 is 0 Å². The molecular weight excluding hydrogens is 460 g/mol. The fraction of sp³-hybridized carbons (Fsp3) is 0. The molecule has 9 heteroatoms. The number of halogens is 2. The van der Waals surface area contributed by atoms with Crippen LogP contribution in [0.3, 0.4) is 0 Å². The van der Waals surface area contributed by atoms with E-state index in [0.29, 0.717) is 16.8 Å². The largest absolute Gasteiger partial charge is 1.00 e. The van der Waals surface area contributed by atoms with E-state index in [1.807, 2.05) is 36.4 Å². The summed E-state index contributed by atoms with van der Waals surface area (Å²) in [5.41, 5.74) is 1.29. The Bertz CT molecular complexity index is 1250. The first kappa shape index (κ1) is 24.0. The summed E-state index contributed by atoms with van der Waals surface area (Å²) in [5, 5.41) is 15.1. The van der Waals surface area contributed by atoms with Crippen molar-refractivity contribution >= 4 is 63.2 Å². The maximum absolute atomic E-state index is 13.4. The zero-order valence-corrected chi connectivity index (χ0v) is 20.4. The number of carbonyl (C=O) groups is 2. The summed E-state index contributed by atoms with van der Waals surface area (Å²) in [7, 11) is 0. The first-order valence-corrected chi connectivity index (χ1v) is 9.92. The number of aromatic nitrogens is 1. The van der Waals surface area contributed by atoms with Gasteiger partial charge in [0.2, 0.25) is 0 Å². The maximum Gasteiger partial charge on any atom is 1.00 e. The molecule has 0 bridgehead atoms. The van der Waals surface area contributed by atoms with E-state index < -0.39 is 12.0 Å². The monoisotopic (exact) mass is 473 g/mol. The molecule has 0 aliphatic rings. The van der Waals surface area contributed by atoms with Crippen molar-refractivity contribution in [3.8, 4) is 0 Å². The van der Waals surface area contributed by atoms with Gasteiger partial charge in [0.15, 0.2) is 0 Å². The van der Waals surface area contributed by atoms with Crippen molar-refractivity contribution in [2.45, 2.75) is 0 Å². The number of benzene rings is 3. The summed E-state index contributed by atoms with van der Waals surface area (Å²) in [6.45, 7) is 0. The fourth-order valence-corrected chi connectivity index (χ4v) is 3.78. The van der Waals surface area contributed by atoms with Gasteiger partial charge in [0.05, 0.1) is 39.3 Å². The molecule has 0 saturated heterocycles. The molecule has 2 amide bonds. The van der Waals surface area contributed by atoms with E-state index in [-0.39, 0.29) is 56.5 Å². The molecule has 0 spiro atoms. The number of pyridine rings is 1. The van der Waals surface area contributed by atoms with Gasteiger partial charge < -0.3 is 15.2 Å². The molecule has 1 heterocycles. The second kappa shape index (κ2) is 10.3. The Morgan fingerprint density at radius 2 is 1.44 bits per heavy atom. The van der Waals surface area contributed by atoms with Crippen molar-refractivity contribution in [1.82, 2.24) is 4.98 Å². The van der Waals surface area contributed by atoms with Crippen LogP contribution >= 0.6 is 23.2 Å². The minimum atomic E-state index is -1.49. The quantitative estimate of drug-likeness (QED) is 0.460. The number of carboxylic acid groups (broad SMARTS) is 1. The summed E-state index contributed by atoms with van der Waals surface area (Å²) in [5.74, 6) is -1.49. The van der Waals surface area contributed by atoms with Gasteiger partial charge in [-0.05, 0) is 42.5 Å². The van der Waals surface area contributed by atoms with Gasteiger partial charge in [-0.2, -0.15) is 0 Å². The topological polar surface area (TPSA) is 85.4 Å². The van der Waals surface area contributed by atoms with Crippen LogP contribution in [0.5, 0.6) is 0 Å². The van der Waals surface area contributed by atoms with E-state index in [2.05, 4.69) is 10.3 Å². The molecule has 0 aliphatic carbocycles. The number of hydrogen-bond acceptors (Lipinski definition) is 4. The summed E-state index contributed by atoms with van der Waals surface area (Å²) in [6, 6.07) is 21.8. The molecule has 0 radical (unpaired) electrons. The molecule has 4 aromatic rings. The SMILES string of the molecule is O=C([O-])c1cc(NC(=O)N(c2ccccc2)c2ccccc2)c2c(Cl)cc(Cl)cc2n1.[Na+]. The average molecular weight is 474 g/mol. The number of anilines is 3. The number of carbonyl (C=O) groups excluding carboxylic acids is 2. The van der Waals surface area contributed by atoms with Gasteiger partial charge in [0.1, 0.15) is 0 Å². The van der Waals surface area contributed by atoms with Gasteiger partial charge in [-0.1, -0.05) is 59.6 Å². The molecule has 4 rings (SSSR count). The number of nitrogens with zero attached hydrogens (tertiary/aromatic N) is 2. The third-order valence-corrected chi connectivity index (χ3v) is 5.02. The van der Waals surface area contributed by atoms with Crippen LogP contribution in [0.4, 0.5) is 21.9 Å². The Labute approximate surface area is 216 Å². The van der Waals surface area contributed by atoms with Gasteiger partial charge in [0, 0.05) is 10.4 Å². The molecule has 1 aromatic heterocycles. The maximum atomic E-state index is 13.4. The van der Waals surface area contributed by atoms with E-state index in [1.165, 1.54) is 23.1 Å². The Balaban J connectivity index is 0.00000289. The first-order valence-electron chi connectivity index (χ1n) is 9.16. The Hall–Kier alpha value is -2.61. The van der Waals surface area contributed by atoms with Crippen LogP contribution in [0.25, 0.3) is 10.9 Å². The molecule has 0 atom stereocenters. The van der Waals surface area contributed by atoms with E-state index in [9.17, 15) is 14.7 Å². The van der Waals surface area contributed by atoms with E-state index in [4.69, 9.17) is 23.2 Å². The number of aromatic carboxylic acids is 1. The van der Waals surface area contributed by atoms with Crippen LogP contribution in [0.1, 0.15) is 10.5 Å². The number of urea groups is 1. The zero-order valence-electron chi connectivity index (χ0n) is 16.9. The molecular formula is C23H14Cl2N3NaO3.